The van der Waals surface area contributed by atoms with Gasteiger partial charge in [0.15, 0.2) is 0 Å². The number of hydrogen-bond acceptors (Lipinski definition) is 6. The van der Waals surface area contributed by atoms with E-state index in [1.165, 1.54) is 20.8 Å². The summed E-state index contributed by atoms with van der Waals surface area (Å²) < 4.78 is 0. The summed E-state index contributed by atoms with van der Waals surface area (Å²) >= 11 is 0. The Bertz CT molecular complexity index is 485. The van der Waals surface area contributed by atoms with E-state index in [4.69, 9.17) is 16.6 Å². The highest BCUT2D eigenvalue weighted by Gasteiger charge is 2.24. The molecular formula is C15H29N5O5. The van der Waals surface area contributed by atoms with E-state index in [0.29, 0.717) is 19.4 Å². The van der Waals surface area contributed by atoms with Crippen molar-refractivity contribution in [3.8, 4) is 0 Å². The molecule has 0 aromatic carbocycles. The van der Waals surface area contributed by atoms with E-state index in [0.717, 1.165) is 6.42 Å². The fourth-order valence-corrected chi connectivity index (χ4v) is 1.83. The first kappa shape index (κ1) is 22.8. The Hall–Kier alpha value is -2.20. The summed E-state index contributed by atoms with van der Waals surface area (Å²) in [4.78, 5) is 46.4. The lowest BCUT2D eigenvalue weighted by molar-refractivity contribution is -0.141. The van der Waals surface area contributed by atoms with Crippen LogP contribution in [-0.2, 0) is 19.2 Å². The molecule has 4 unspecified atom stereocenters. The number of carbonyl (C=O) groups is 4. The molecule has 0 rings (SSSR count). The lowest BCUT2D eigenvalue weighted by Gasteiger charge is -2.20. The van der Waals surface area contributed by atoms with Crippen LogP contribution in [0.1, 0.15) is 40.0 Å². The second-order valence-electron chi connectivity index (χ2n) is 5.92. The molecule has 0 fully saturated rings. The molecule has 0 aromatic rings. The van der Waals surface area contributed by atoms with Crippen LogP contribution in [0.4, 0.5) is 0 Å². The maximum atomic E-state index is 12.0. The second-order valence-corrected chi connectivity index (χ2v) is 5.92. The van der Waals surface area contributed by atoms with Gasteiger partial charge in [-0.1, -0.05) is 6.42 Å². The van der Waals surface area contributed by atoms with Crippen molar-refractivity contribution in [2.24, 2.45) is 11.5 Å². The first-order valence-corrected chi connectivity index (χ1v) is 8.19. The van der Waals surface area contributed by atoms with Crippen molar-refractivity contribution in [3.05, 3.63) is 0 Å². The molecule has 0 radical (unpaired) electrons. The van der Waals surface area contributed by atoms with E-state index in [1.807, 2.05) is 0 Å². The van der Waals surface area contributed by atoms with Gasteiger partial charge in [-0.2, -0.15) is 0 Å². The summed E-state index contributed by atoms with van der Waals surface area (Å²) in [7, 11) is 0. The van der Waals surface area contributed by atoms with E-state index < -0.39 is 47.9 Å². The maximum Gasteiger partial charge on any atom is 0.325 e. The van der Waals surface area contributed by atoms with Crippen molar-refractivity contribution in [1.29, 1.82) is 0 Å². The van der Waals surface area contributed by atoms with Gasteiger partial charge in [0.1, 0.15) is 18.1 Å². The first-order chi connectivity index (χ1) is 11.6. The molecule has 0 heterocycles. The van der Waals surface area contributed by atoms with Crippen molar-refractivity contribution < 1.29 is 24.3 Å². The summed E-state index contributed by atoms with van der Waals surface area (Å²) in [6, 6.07) is -3.65. The van der Waals surface area contributed by atoms with Gasteiger partial charge >= 0.3 is 5.97 Å². The molecule has 0 aliphatic carbocycles. The van der Waals surface area contributed by atoms with Crippen molar-refractivity contribution in [2.75, 3.05) is 6.54 Å². The molecule has 10 heteroatoms. The van der Waals surface area contributed by atoms with Crippen LogP contribution in [0.3, 0.4) is 0 Å². The molecule has 0 aliphatic heterocycles. The molecule has 3 amide bonds. The van der Waals surface area contributed by atoms with Gasteiger partial charge in [0, 0.05) is 0 Å². The quantitative estimate of drug-likeness (QED) is 0.232. The molecule has 0 spiro atoms. The molecule has 0 aliphatic rings. The maximum absolute atomic E-state index is 12.0. The molecule has 0 saturated heterocycles. The molecule has 4 atom stereocenters. The zero-order valence-corrected chi connectivity index (χ0v) is 14.9. The summed E-state index contributed by atoms with van der Waals surface area (Å²) in [6.45, 7) is 4.70. The number of hydrogen-bond donors (Lipinski definition) is 6. The summed E-state index contributed by atoms with van der Waals surface area (Å²) in [6.07, 6.45) is 1.94. The number of aliphatic carboxylic acids is 1. The van der Waals surface area contributed by atoms with E-state index in [1.54, 1.807) is 0 Å². The Balaban J connectivity index is 4.38. The van der Waals surface area contributed by atoms with E-state index in [9.17, 15) is 19.2 Å². The molecule has 25 heavy (non-hydrogen) atoms. The Morgan fingerprint density at radius 2 is 1.28 bits per heavy atom. The van der Waals surface area contributed by atoms with E-state index in [-0.39, 0.29) is 0 Å². The number of carbonyl (C=O) groups excluding carboxylic acids is 3. The first-order valence-electron chi connectivity index (χ1n) is 8.19. The Kier molecular flexibility index (Phi) is 10.4. The smallest absolute Gasteiger partial charge is 0.325 e. The van der Waals surface area contributed by atoms with Crippen LogP contribution in [0.15, 0.2) is 0 Å². The molecule has 0 bridgehead atoms. The standard InChI is InChI=1S/C15H29N5O5/c1-8(13(22)20-10(3)15(24)25)18-12(21)9(2)19-14(23)11(17)6-4-5-7-16/h8-11H,4-7,16-17H2,1-3H3,(H,18,21)(H,19,23)(H,20,22)(H,24,25). The Labute approximate surface area is 147 Å². The molecular weight excluding hydrogens is 330 g/mol. The lowest BCUT2D eigenvalue weighted by Crippen LogP contribution is -2.55. The third-order valence-corrected chi connectivity index (χ3v) is 3.54. The van der Waals surface area contributed by atoms with Crippen molar-refractivity contribution >= 4 is 23.7 Å². The third kappa shape index (κ3) is 9.01. The highest BCUT2D eigenvalue weighted by Crippen LogP contribution is 1.99. The van der Waals surface area contributed by atoms with Gasteiger partial charge in [0.25, 0.3) is 0 Å². The third-order valence-electron chi connectivity index (χ3n) is 3.54. The largest absolute Gasteiger partial charge is 0.480 e. The van der Waals surface area contributed by atoms with Gasteiger partial charge in [-0.05, 0) is 40.2 Å². The number of carboxylic acid groups (broad SMARTS) is 1. The zero-order valence-electron chi connectivity index (χ0n) is 14.9. The fraction of sp³-hybridized carbons (Fsp3) is 0.733. The van der Waals surface area contributed by atoms with E-state index >= 15 is 0 Å². The van der Waals surface area contributed by atoms with Crippen LogP contribution < -0.4 is 27.4 Å². The van der Waals surface area contributed by atoms with E-state index in [2.05, 4.69) is 16.0 Å². The minimum Gasteiger partial charge on any atom is -0.480 e. The highest BCUT2D eigenvalue weighted by atomic mass is 16.4. The average Bonchev–Trinajstić information content (AvgIpc) is 2.54. The number of nitrogens with one attached hydrogen (secondary N) is 3. The van der Waals surface area contributed by atoms with Gasteiger partial charge in [0.05, 0.1) is 6.04 Å². The fourth-order valence-electron chi connectivity index (χ4n) is 1.83. The van der Waals surface area contributed by atoms with Crippen LogP contribution in [0.5, 0.6) is 0 Å². The summed E-state index contributed by atoms with van der Waals surface area (Å²) in [5.74, 6) is -2.86. The average molecular weight is 359 g/mol. The van der Waals surface area contributed by atoms with Crippen molar-refractivity contribution in [1.82, 2.24) is 16.0 Å². The topological polar surface area (TPSA) is 177 Å². The van der Waals surface area contributed by atoms with Crippen LogP contribution >= 0.6 is 0 Å². The number of nitrogens with two attached hydrogens (primary N) is 2. The minimum atomic E-state index is -1.18. The summed E-state index contributed by atoms with van der Waals surface area (Å²) in [5.41, 5.74) is 11.1. The lowest BCUT2D eigenvalue weighted by atomic mass is 10.1. The van der Waals surface area contributed by atoms with Crippen LogP contribution in [0, 0.1) is 0 Å². The van der Waals surface area contributed by atoms with Gasteiger partial charge in [-0.25, -0.2) is 0 Å². The van der Waals surface area contributed by atoms with Gasteiger partial charge < -0.3 is 32.5 Å². The molecule has 144 valence electrons. The van der Waals surface area contributed by atoms with Gasteiger partial charge in [-0.15, -0.1) is 0 Å². The zero-order chi connectivity index (χ0) is 19.6. The monoisotopic (exact) mass is 359 g/mol. The molecule has 0 aromatic heterocycles. The highest BCUT2D eigenvalue weighted by molar-refractivity contribution is 5.93. The normalized spacial score (nSPS) is 15.4. The predicted molar refractivity (Wildman–Crippen MR) is 91.3 cm³/mol. The predicted octanol–water partition coefficient (Wildman–Crippen LogP) is -1.96. The number of carboxylic acids is 1. The SMILES string of the molecule is CC(NC(=O)C(C)NC(=O)C(C)NC(=O)C(N)CCCCN)C(=O)O. The Morgan fingerprint density at radius 3 is 1.72 bits per heavy atom. The van der Waals surface area contributed by atoms with Crippen molar-refractivity contribution in [2.45, 2.75) is 64.2 Å². The number of unbranched alkanes of at least 4 members (excludes halogenated alkanes) is 1. The van der Waals surface area contributed by atoms with Crippen molar-refractivity contribution in [3.63, 3.8) is 0 Å². The second kappa shape index (κ2) is 11.4. The van der Waals surface area contributed by atoms with Crippen LogP contribution in [-0.4, -0.2) is 59.5 Å². The number of rotatable bonds is 11. The van der Waals surface area contributed by atoms with Gasteiger partial charge in [-0.3, -0.25) is 19.2 Å². The van der Waals surface area contributed by atoms with Crippen LogP contribution in [0.25, 0.3) is 0 Å². The molecule has 0 saturated carbocycles. The summed E-state index contributed by atoms with van der Waals surface area (Å²) in [5, 5.41) is 15.9. The number of amides is 3. The Morgan fingerprint density at radius 1 is 0.840 bits per heavy atom. The molecule has 10 nitrogen and oxygen atoms in total. The van der Waals surface area contributed by atoms with Crippen LogP contribution in [0.2, 0.25) is 0 Å². The van der Waals surface area contributed by atoms with Gasteiger partial charge in [0.2, 0.25) is 17.7 Å². The minimum absolute atomic E-state index is 0.462. The molecule has 8 N–H and O–H groups in total.